The molecule has 6 heteroatoms. The summed E-state index contributed by atoms with van der Waals surface area (Å²) in [5, 5.41) is 0. The Bertz CT molecular complexity index is 771. The summed E-state index contributed by atoms with van der Waals surface area (Å²) >= 11 is 0. The third-order valence-electron chi connectivity index (χ3n) is 4.55. The predicted octanol–water partition coefficient (Wildman–Crippen LogP) is 2.27. The van der Waals surface area contributed by atoms with E-state index in [0.29, 0.717) is 18.8 Å². The van der Waals surface area contributed by atoms with Crippen LogP contribution in [0.5, 0.6) is 5.75 Å². The summed E-state index contributed by atoms with van der Waals surface area (Å²) in [4.78, 5) is 28.1. The summed E-state index contributed by atoms with van der Waals surface area (Å²) in [7, 11) is 0. The topological polar surface area (TPSA) is 59.1 Å². The molecule has 1 fully saturated rings. The fraction of sp³-hybridized carbons (Fsp3) is 0.333. The molecule has 6 nitrogen and oxygen atoms in total. The number of amides is 1. The SMILES string of the molecule is Cc1ccccc1OCC(=O)OCC(=O)N1CCN(c2ccccc2)CC1. The number of hydrogen-bond acceptors (Lipinski definition) is 5. The summed E-state index contributed by atoms with van der Waals surface area (Å²) < 4.78 is 10.5. The highest BCUT2D eigenvalue weighted by molar-refractivity contribution is 5.81. The van der Waals surface area contributed by atoms with E-state index < -0.39 is 5.97 Å². The number of ether oxygens (including phenoxy) is 2. The highest BCUT2D eigenvalue weighted by atomic mass is 16.6. The van der Waals surface area contributed by atoms with Crippen LogP contribution in [0, 0.1) is 6.92 Å². The standard InChI is InChI=1S/C21H24N2O4/c1-17-7-5-6-10-19(17)26-16-21(25)27-15-20(24)23-13-11-22(12-14-23)18-8-3-2-4-9-18/h2-10H,11-16H2,1H3. The molecule has 0 saturated carbocycles. The minimum atomic E-state index is -0.547. The van der Waals surface area contributed by atoms with Gasteiger partial charge in [-0.1, -0.05) is 36.4 Å². The van der Waals surface area contributed by atoms with Gasteiger partial charge in [-0.05, 0) is 30.7 Å². The van der Waals surface area contributed by atoms with Crippen molar-refractivity contribution < 1.29 is 19.1 Å². The molecule has 0 aliphatic carbocycles. The Balaban J connectivity index is 1.38. The molecular weight excluding hydrogens is 344 g/mol. The first kappa shape index (κ1) is 18.8. The van der Waals surface area contributed by atoms with Crippen molar-refractivity contribution >= 4 is 17.6 Å². The number of carbonyl (C=O) groups excluding carboxylic acids is 2. The van der Waals surface area contributed by atoms with Gasteiger partial charge in [0.25, 0.3) is 5.91 Å². The Morgan fingerprint density at radius 1 is 0.889 bits per heavy atom. The summed E-state index contributed by atoms with van der Waals surface area (Å²) in [6, 6.07) is 17.6. The second-order valence-electron chi connectivity index (χ2n) is 6.42. The Hall–Kier alpha value is -3.02. The van der Waals surface area contributed by atoms with E-state index in [1.165, 1.54) is 0 Å². The first-order valence-electron chi connectivity index (χ1n) is 9.05. The molecule has 2 aromatic carbocycles. The molecule has 1 heterocycles. The Morgan fingerprint density at radius 2 is 1.56 bits per heavy atom. The quantitative estimate of drug-likeness (QED) is 0.732. The number of benzene rings is 2. The predicted molar refractivity (Wildman–Crippen MR) is 103 cm³/mol. The van der Waals surface area contributed by atoms with Crippen LogP contribution in [0.15, 0.2) is 54.6 Å². The molecular formula is C21H24N2O4. The molecule has 1 aliphatic rings. The van der Waals surface area contributed by atoms with E-state index in [2.05, 4.69) is 17.0 Å². The molecule has 0 unspecified atom stereocenters. The zero-order valence-electron chi connectivity index (χ0n) is 15.5. The first-order valence-corrected chi connectivity index (χ1v) is 9.05. The normalized spacial score (nSPS) is 14.0. The van der Waals surface area contributed by atoms with Crippen molar-refractivity contribution in [1.82, 2.24) is 4.90 Å². The van der Waals surface area contributed by atoms with Crippen molar-refractivity contribution in [2.45, 2.75) is 6.92 Å². The van der Waals surface area contributed by atoms with Crippen molar-refractivity contribution in [1.29, 1.82) is 0 Å². The first-order chi connectivity index (χ1) is 13.1. The Kier molecular flexibility index (Phi) is 6.30. The fourth-order valence-corrected chi connectivity index (χ4v) is 2.98. The molecule has 0 spiro atoms. The van der Waals surface area contributed by atoms with Gasteiger partial charge in [-0.25, -0.2) is 4.79 Å². The second kappa shape index (κ2) is 9.07. The number of para-hydroxylation sites is 2. The zero-order valence-corrected chi connectivity index (χ0v) is 15.5. The largest absolute Gasteiger partial charge is 0.482 e. The van der Waals surface area contributed by atoms with Gasteiger partial charge in [0.05, 0.1) is 0 Å². The Labute approximate surface area is 159 Å². The van der Waals surface area contributed by atoms with Crippen molar-refractivity contribution in [3.8, 4) is 5.75 Å². The maximum Gasteiger partial charge on any atom is 0.344 e. The van der Waals surface area contributed by atoms with Crippen molar-refractivity contribution in [2.75, 3.05) is 44.3 Å². The van der Waals surface area contributed by atoms with Crippen LogP contribution in [-0.4, -0.2) is 56.2 Å². The molecule has 27 heavy (non-hydrogen) atoms. The van der Waals surface area contributed by atoms with Crippen LogP contribution < -0.4 is 9.64 Å². The number of aryl methyl sites for hydroxylation is 1. The van der Waals surface area contributed by atoms with E-state index in [-0.39, 0.29) is 19.1 Å². The lowest BCUT2D eigenvalue weighted by molar-refractivity contribution is -0.153. The van der Waals surface area contributed by atoms with Crippen LogP contribution in [0.4, 0.5) is 5.69 Å². The molecule has 0 atom stereocenters. The van der Waals surface area contributed by atoms with Crippen LogP contribution in [0.1, 0.15) is 5.56 Å². The lowest BCUT2D eigenvalue weighted by Gasteiger charge is -2.36. The molecule has 2 aromatic rings. The molecule has 0 bridgehead atoms. The minimum absolute atomic E-state index is 0.174. The lowest BCUT2D eigenvalue weighted by atomic mass is 10.2. The monoisotopic (exact) mass is 368 g/mol. The number of nitrogens with zero attached hydrogens (tertiary/aromatic N) is 2. The number of rotatable bonds is 6. The third-order valence-corrected chi connectivity index (χ3v) is 4.55. The van der Waals surface area contributed by atoms with Gasteiger partial charge < -0.3 is 19.3 Å². The molecule has 142 valence electrons. The number of anilines is 1. The van der Waals surface area contributed by atoms with Crippen molar-refractivity contribution in [3.05, 3.63) is 60.2 Å². The highest BCUT2D eigenvalue weighted by Crippen LogP contribution is 2.16. The minimum Gasteiger partial charge on any atom is -0.482 e. The van der Waals surface area contributed by atoms with Gasteiger partial charge in [-0.15, -0.1) is 0 Å². The smallest absolute Gasteiger partial charge is 0.344 e. The lowest BCUT2D eigenvalue weighted by Crippen LogP contribution is -2.50. The van der Waals surface area contributed by atoms with E-state index in [0.717, 1.165) is 24.3 Å². The molecule has 0 N–H and O–H groups in total. The molecule has 0 radical (unpaired) electrons. The average molecular weight is 368 g/mol. The van der Waals surface area contributed by atoms with E-state index in [9.17, 15) is 9.59 Å². The van der Waals surface area contributed by atoms with Gasteiger partial charge in [0, 0.05) is 31.9 Å². The maximum atomic E-state index is 12.3. The third kappa shape index (κ3) is 5.23. The van der Waals surface area contributed by atoms with Crippen LogP contribution in [0.25, 0.3) is 0 Å². The molecule has 0 aromatic heterocycles. The van der Waals surface area contributed by atoms with Gasteiger partial charge in [0.15, 0.2) is 13.2 Å². The molecule has 1 saturated heterocycles. The second-order valence-corrected chi connectivity index (χ2v) is 6.42. The number of esters is 1. The molecule has 1 aliphatic heterocycles. The highest BCUT2D eigenvalue weighted by Gasteiger charge is 2.22. The van der Waals surface area contributed by atoms with Gasteiger partial charge in [-0.3, -0.25) is 4.79 Å². The van der Waals surface area contributed by atoms with Gasteiger partial charge >= 0.3 is 5.97 Å². The van der Waals surface area contributed by atoms with Gasteiger partial charge in [-0.2, -0.15) is 0 Å². The van der Waals surface area contributed by atoms with E-state index in [1.807, 2.05) is 43.3 Å². The van der Waals surface area contributed by atoms with E-state index >= 15 is 0 Å². The van der Waals surface area contributed by atoms with Crippen LogP contribution >= 0.6 is 0 Å². The fourth-order valence-electron chi connectivity index (χ4n) is 2.98. The van der Waals surface area contributed by atoms with E-state index in [1.54, 1.807) is 11.0 Å². The van der Waals surface area contributed by atoms with E-state index in [4.69, 9.17) is 9.47 Å². The summed E-state index contributed by atoms with van der Waals surface area (Å²) in [5.41, 5.74) is 2.10. The Morgan fingerprint density at radius 3 is 2.26 bits per heavy atom. The summed E-state index contributed by atoms with van der Waals surface area (Å²) in [5.74, 6) is -0.0840. The number of hydrogen-bond donors (Lipinski definition) is 0. The van der Waals surface area contributed by atoms with Crippen molar-refractivity contribution in [3.63, 3.8) is 0 Å². The number of carbonyl (C=O) groups is 2. The molecule has 1 amide bonds. The summed E-state index contributed by atoms with van der Waals surface area (Å²) in [6.45, 7) is 4.21. The summed E-state index contributed by atoms with van der Waals surface area (Å²) in [6.07, 6.45) is 0. The number of piperazine rings is 1. The van der Waals surface area contributed by atoms with Crippen LogP contribution in [0.3, 0.4) is 0 Å². The maximum absolute atomic E-state index is 12.3. The van der Waals surface area contributed by atoms with Crippen LogP contribution in [0.2, 0.25) is 0 Å². The molecule has 3 rings (SSSR count). The van der Waals surface area contributed by atoms with Crippen molar-refractivity contribution in [2.24, 2.45) is 0 Å². The average Bonchev–Trinajstić information content (AvgIpc) is 2.72. The van der Waals surface area contributed by atoms with Gasteiger partial charge in [0.2, 0.25) is 0 Å². The van der Waals surface area contributed by atoms with Crippen LogP contribution in [-0.2, 0) is 14.3 Å². The zero-order chi connectivity index (χ0) is 19.1. The van der Waals surface area contributed by atoms with Gasteiger partial charge in [0.1, 0.15) is 5.75 Å².